The molecule has 0 amide bonds. The van der Waals surface area contributed by atoms with E-state index < -0.39 is 0 Å². The van der Waals surface area contributed by atoms with Gasteiger partial charge in [0.25, 0.3) is 0 Å². The van der Waals surface area contributed by atoms with E-state index in [1.807, 2.05) is 19.9 Å². The molecule has 0 aromatic carbocycles. The molecule has 0 aliphatic rings. The van der Waals surface area contributed by atoms with Crippen LogP contribution in [-0.2, 0) is 6.54 Å². The minimum atomic E-state index is 0.541. The third kappa shape index (κ3) is 2.51. The normalized spacial score (nSPS) is 10.3. The van der Waals surface area contributed by atoms with Crippen LogP contribution in [0.1, 0.15) is 17.0 Å². The second-order valence-corrected chi connectivity index (χ2v) is 3.62. The molecule has 0 spiro atoms. The first-order valence-electron chi connectivity index (χ1n) is 5.15. The largest absolute Gasteiger partial charge is 0.364 e. The summed E-state index contributed by atoms with van der Waals surface area (Å²) >= 11 is 0. The Morgan fingerprint density at radius 1 is 1.29 bits per heavy atom. The molecule has 0 saturated heterocycles. The van der Waals surface area contributed by atoms with Crippen molar-refractivity contribution < 1.29 is 4.52 Å². The summed E-state index contributed by atoms with van der Waals surface area (Å²) in [4.78, 5) is 8.13. The van der Waals surface area contributed by atoms with Gasteiger partial charge in [0.2, 0.25) is 0 Å². The molecule has 0 radical (unpaired) electrons. The van der Waals surface area contributed by atoms with E-state index in [1.165, 1.54) is 6.33 Å². The molecular weight excluding hydrogens is 220 g/mol. The van der Waals surface area contributed by atoms with Crippen molar-refractivity contribution in [1.29, 1.82) is 0 Å². The van der Waals surface area contributed by atoms with Gasteiger partial charge in [-0.1, -0.05) is 5.16 Å². The van der Waals surface area contributed by atoms with E-state index in [0.717, 1.165) is 17.0 Å². The molecule has 0 aliphatic heterocycles. The van der Waals surface area contributed by atoms with E-state index >= 15 is 0 Å². The Hall–Kier alpha value is -2.15. The van der Waals surface area contributed by atoms with Crippen LogP contribution in [0.3, 0.4) is 0 Å². The van der Waals surface area contributed by atoms with Crippen LogP contribution in [-0.4, -0.2) is 15.1 Å². The van der Waals surface area contributed by atoms with Crippen LogP contribution in [0.5, 0.6) is 0 Å². The number of hydrogen-bond acceptors (Lipinski definition) is 7. The molecule has 7 heteroatoms. The summed E-state index contributed by atoms with van der Waals surface area (Å²) in [7, 11) is 0. The van der Waals surface area contributed by atoms with E-state index in [-0.39, 0.29) is 0 Å². The van der Waals surface area contributed by atoms with Crippen molar-refractivity contribution in [3.63, 3.8) is 0 Å². The van der Waals surface area contributed by atoms with Crippen LogP contribution in [0.15, 0.2) is 16.9 Å². The van der Waals surface area contributed by atoms with Crippen LogP contribution in [0.4, 0.5) is 11.6 Å². The van der Waals surface area contributed by atoms with Gasteiger partial charge in [-0.15, -0.1) is 0 Å². The first-order chi connectivity index (χ1) is 8.20. The summed E-state index contributed by atoms with van der Waals surface area (Å²) in [6.45, 7) is 4.27. The summed E-state index contributed by atoms with van der Waals surface area (Å²) in [5, 5.41) is 7.03. The maximum Gasteiger partial charge on any atom is 0.148 e. The van der Waals surface area contributed by atoms with Crippen molar-refractivity contribution in [3.05, 3.63) is 29.4 Å². The molecule has 0 fully saturated rings. The number of aromatic nitrogens is 3. The van der Waals surface area contributed by atoms with Crippen LogP contribution >= 0.6 is 0 Å². The van der Waals surface area contributed by atoms with Crippen molar-refractivity contribution >= 4 is 11.6 Å². The highest BCUT2D eigenvalue weighted by Crippen LogP contribution is 2.17. The van der Waals surface area contributed by atoms with Crippen molar-refractivity contribution in [2.24, 2.45) is 5.84 Å². The van der Waals surface area contributed by atoms with Crippen molar-refractivity contribution in [2.75, 3.05) is 10.7 Å². The molecule has 0 bridgehead atoms. The zero-order valence-corrected chi connectivity index (χ0v) is 9.69. The number of nitrogens with two attached hydrogens (primary N) is 1. The molecule has 4 N–H and O–H groups in total. The Morgan fingerprint density at radius 3 is 2.71 bits per heavy atom. The van der Waals surface area contributed by atoms with Gasteiger partial charge in [0, 0.05) is 11.6 Å². The van der Waals surface area contributed by atoms with E-state index in [0.29, 0.717) is 18.2 Å². The number of nitrogens with zero attached hydrogens (tertiary/aromatic N) is 3. The van der Waals surface area contributed by atoms with Gasteiger partial charge in [-0.2, -0.15) is 0 Å². The van der Waals surface area contributed by atoms with E-state index in [4.69, 9.17) is 10.4 Å². The zero-order valence-electron chi connectivity index (χ0n) is 9.69. The highest BCUT2D eigenvalue weighted by molar-refractivity contribution is 5.55. The van der Waals surface area contributed by atoms with Crippen molar-refractivity contribution in [1.82, 2.24) is 15.1 Å². The van der Waals surface area contributed by atoms with Crippen molar-refractivity contribution in [3.8, 4) is 0 Å². The number of rotatable bonds is 4. The Labute approximate surface area is 98.4 Å². The molecule has 2 aromatic rings. The second-order valence-electron chi connectivity index (χ2n) is 3.62. The van der Waals surface area contributed by atoms with Crippen LogP contribution in [0.2, 0.25) is 0 Å². The minimum Gasteiger partial charge on any atom is -0.364 e. The predicted octanol–water partition coefficient (Wildman–Crippen LogP) is 0.979. The lowest BCUT2D eigenvalue weighted by Crippen LogP contribution is -2.12. The Kier molecular flexibility index (Phi) is 3.20. The number of hydrogen-bond donors (Lipinski definition) is 3. The van der Waals surface area contributed by atoms with Crippen molar-refractivity contribution in [2.45, 2.75) is 20.4 Å². The first kappa shape index (κ1) is 11.3. The molecule has 0 atom stereocenters. The van der Waals surface area contributed by atoms with E-state index in [2.05, 4.69) is 25.9 Å². The number of aryl methyl sites for hydroxylation is 1. The van der Waals surface area contributed by atoms with Gasteiger partial charge in [0.15, 0.2) is 0 Å². The fourth-order valence-corrected chi connectivity index (χ4v) is 1.45. The van der Waals surface area contributed by atoms with Gasteiger partial charge in [-0.05, 0) is 13.8 Å². The fraction of sp³-hybridized carbons (Fsp3) is 0.300. The Balaban J connectivity index is 2.09. The first-order valence-corrected chi connectivity index (χ1v) is 5.15. The SMILES string of the molecule is Cc1cc(CNc2ncnc(NN)c2C)no1. The summed E-state index contributed by atoms with van der Waals surface area (Å²) in [6, 6.07) is 1.87. The lowest BCUT2D eigenvalue weighted by molar-refractivity contribution is 0.391. The van der Waals surface area contributed by atoms with Gasteiger partial charge in [0.1, 0.15) is 29.4 Å². The third-order valence-electron chi connectivity index (χ3n) is 2.33. The Morgan fingerprint density at radius 2 is 2.06 bits per heavy atom. The quantitative estimate of drug-likeness (QED) is 0.535. The molecule has 17 heavy (non-hydrogen) atoms. The topological polar surface area (TPSA) is 102 Å². The number of hydrazine groups is 1. The maximum atomic E-state index is 5.33. The van der Waals surface area contributed by atoms with Gasteiger partial charge < -0.3 is 15.3 Å². The third-order valence-corrected chi connectivity index (χ3v) is 2.33. The molecule has 0 saturated carbocycles. The minimum absolute atomic E-state index is 0.541. The lowest BCUT2D eigenvalue weighted by Gasteiger charge is -2.09. The highest BCUT2D eigenvalue weighted by Gasteiger charge is 2.06. The van der Waals surface area contributed by atoms with Crippen LogP contribution < -0.4 is 16.6 Å². The molecule has 0 aliphatic carbocycles. The average Bonchev–Trinajstić information content (AvgIpc) is 2.74. The Bertz CT molecular complexity index is 509. The second kappa shape index (κ2) is 4.79. The lowest BCUT2D eigenvalue weighted by atomic mass is 10.3. The summed E-state index contributed by atoms with van der Waals surface area (Å²) in [5.74, 6) is 7.43. The fourth-order valence-electron chi connectivity index (χ4n) is 1.45. The highest BCUT2D eigenvalue weighted by atomic mass is 16.5. The monoisotopic (exact) mass is 234 g/mol. The molecular formula is C10H14N6O. The smallest absolute Gasteiger partial charge is 0.148 e. The molecule has 7 nitrogen and oxygen atoms in total. The van der Waals surface area contributed by atoms with E-state index in [1.54, 1.807) is 0 Å². The molecule has 2 aromatic heterocycles. The van der Waals surface area contributed by atoms with E-state index in [9.17, 15) is 0 Å². The standard InChI is InChI=1S/C10H14N6O/c1-6-3-8(16-17-6)4-12-9-7(2)10(15-11)14-5-13-9/h3,5H,4,11H2,1-2H3,(H2,12,13,14,15). The molecule has 2 heterocycles. The number of anilines is 2. The zero-order chi connectivity index (χ0) is 12.3. The maximum absolute atomic E-state index is 5.33. The number of nitrogen functional groups attached to an aromatic ring is 1. The van der Waals surface area contributed by atoms with Crippen LogP contribution in [0.25, 0.3) is 0 Å². The molecule has 90 valence electrons. The summed E-state index contributed by atoms with van der Waals surface area (Å²) in [5.41, 5.74) is 4.19. The summed E-state index contributed by atoms with van der Waals surface area (Å²) < 4.78 is 4.97. The summed E-state index contributed by atoms with van der Waals surface area (Å²) in [6.07, 6.45) is 1.44. The predicted molar refractivity (Wildman–Crippen MR) is 63.1 cm³/mol. The molecule has 0 unspecified atom stereocenters. The average molecular weight is 234 g/mol. The number of nitrogens with one attached hydrogen (secondary N) is 2. The van der Waals surface area contributed by atoms with Gasteiger partial charge in [-0.3, -0.25) is 0 Å². The van der Waals surface area contributed by atoms with Crippen LogP contribution in [0, 0.1) is 13.8 Å². The van der Waals surface area contributed by atoms with Gasteiger partial charge >= 0.3 is 0 Å². The molecule has 2 rings (SSSR count). The van der Waals surface area contributed by atoms with Gasteiger partial charge in [0.05, 0.1) is 6.54 Å². The van der Waals surface area contributed by atoms with Gasteiger partial charge in [-0.25, -0.2) is 15.8 Å².